The third-order valence-electron chi connectivity index (χ3n) is 2.43. The average molecular weight is 247 g/mol. The molecule has 3 aromatic rings. The van der Waals surface area contributed by atoms with Crippen LogP contribution in [0.5, 0.6) is 5.75 Å². The molecule has 0 saturated heterocycles. The molecule has 2 N–H and O–H groups in total. The first-order valence-corrected chi connectivity index (χ1v) is 5.28. The van der Waals surface area contributed by atoms with Gasteiger partial charge in [0.2, 0.25) is 5.28 Å². The summed E-state index contributed by atoms with van der Waals surface area (Å²) in [4.78, 5) is 8.17. The number of halogens is 1. The second-order valence-electron chi connectivity index (χ2n) is 3.48. The zero-order chi connectivity index (χ0) is 11.8. The van der Waals surface area contributed by atoms with Gasteiger partial charge in [-0.25, -0.2) is 9.97 Å². The molecular formula is C11H7ClN4O. The van der Waals surface area contributed by atoms with Crippen molar-refractivity contribution in [2.75, 3.05) is 0 Å². The predicted octanol–water partition coefficient (Wildman–Crippen LogP) is 2.38. The number of rotatable bonds is 1. The average Bonchev–Trinajstić information content (AvgIpc) is 2.83. The van der Waals surface area contributed by atoms with Crippen LogP contribution >= 0.6 is 11.6 Å². The van der Waals surface area contributed by atoms with Crippen molar-refractivity contribution in [2.45, 2.75) is 0 Å². The number of H-pyrrole nitrogens is 1. The van der Waals surface area contributed by atoms with E-state index in [1.54, 1.807) is 24.4 Å². The van der Waals surface area contributed by atoms with Gasteiger partial charge in [0.25, 0.3) is 0 Å². The molecule has 0 saturated carbocycles. The lowest BCUT2D eigenvalue weighted by atomic mass is 10.1. The Hall–Kier alpha value is -2.14. The molecule has 0 spiro atoms. The molecule has 0 amide bonds. The van der Waals surface area contributed by atoms with Crippen LogP contribution in [0.2, 0.25) is 5.28 Å². The molecule has 0 bridgehead atoms. The minimum atomic E-state index is 0.0764. The minimum absolute atomic E-state index is 0.0764. The number of benzene rings is 1. The van der Waals surface area contributed by atoms with Crippen LogP contribution in [0.1, 0.15) is 0 Å². The van der Waals surface area contributed by atoms with Gasteiger partial charge in [0.1, 0.15) is 17.0 Å². The van der Waals surface area contributed by atoms with Crippen molar-refractivity contribution < 1.29 is 5.11 Å². The number of hydrogen-bond donors (Lipinski definition) is 2. The van der Waals surface area contributed by atoms with Gasteiger partial charge in [-0.15, -0.1) is 0 Å². The highest BCUT2D eigenvalue weighted by atomic mass is 35.5. The number of hydrogen-bond acceptors (Lipinski definition) is 4. The molecule has 0 aliphatic heterocycles. The van der Waals surface area contributed by atoms with Gasteiger partial charge in [0.15, 0.2) is 0 Å². The number of aromatic amines is 1. The van der Waals surface area contributed by atoms with E-state index in [1.807, 2.05) is 6.07 Å². The summed E-state index contributed by atoms with van der Waals surface area (Å²) in [5.41, 5.74) is 1.77. The van der Waals surface area contributed by atoms with E-state index >= 15 is 0 Å². The molecule has 3 rings (SSSR count). The lowest BCUT2D eigenvalue weighted by molar-refractivity contribution is 0.480. The Morgan fingerprint density at radius 2 is 2.06 bits per heavy atom. The van der Waals surface area contributed by atoms with Crippen molar-refractivity contribution in [1.82, 2.24) is 20.2 Å². The van der Waals surface area contributed by atoms with Crippen LogP contribution in [-0.2, 0) is 0 Å². The van der Waals surface area contributed by atoms with Gasteiger partial charge in [-0.1, -0.05) is 12.1 Å². The van der Waals surface area contributed by atoms with Gasteiger partial charge in [-0.3, -0.25) is 5.10 Å². The topological polar surface area (TPSA) is 74.7 Å². The number of nitrogens with zero attached hydrogens (tertiary/aromatic N) is 3. The van der Waals surface area contributed by atoms with Crippen LogP contribution in [0.15, 0.2) is 30.5 Å². The fourth-order valence-corrected chi connectivity index (χ4v) is 1.87. The van der Waals surface area contributed by atoms with E-state index in [1.165, 1.54) is 0 Å². The summed E-state index contributed by atoms with van der Waals surface area (Å²) >= 11 is 5.85. The molecule has 2 heterocycles. The van der Waals surface area contributed by atoms with Gasteiger partial charge < -0.3 is 5.11 Å². The quantitative estimate of drug-likeness (QED) is 0.647. The van der Waals surface area contributed by atoms with E-state index in [4.69, 9.17) is 11.6 Å². The number of phenolic OH excluding ortho intramolecular Hbond substituents is 1. The van der Waals surface area contributed by atoms with Gasteiger partial charge in [0, 0.05) is 11.6 Å². The maximum Gasteiger partial charge on any atom is 0.223 e. The minimum Gasteiger partial charge on any atom is -0.506 e. The van der Waals surface area contributed by atoms with Crippen LogP contribution in [0, 0.1) is 0 Å². The normalized spacial score (nSPS) is 10.9. The van der Waals surface area contributed by atoms with Crippen molar-refractivity contribution in [2.24, 2.45) is 0 Å². The number of fused-ring (bicyclic) bond motifs is 1. The van der Waals surface area contributed by atoms with Gasteiger partial charge in [-0.05, 0) is 23.7 Å². The standard InChI is InChI=1S/C11H7ClN4O/c12-11-14-9(7-4-5-13-16-7)6-2-1-3-8(17)10(6)15-11/h1-5,17H,(H,13,16). The van der Waals surface area contributed by atoms with E-state index < -0.39 is 0 Å². The van der Waals surface area contributed by atoms with E-state index in [-0.39, 0.29) is 11.0 Å². The highest BCUT2D eigenvalue weighted by Crippen LogP contribution is 2.30. The Bertz CT molecular complexity index is 681. The lowest BCUT2D eigenvalue weighted by Gasteiger charge is -2.05. The number of nitrogens with one attached hydrogen (secondary N) is 1. The molecule has 0 atom stereocenters. The highest BCUT2D eigenvalue weighted by Gasteiger charge is 2.11. The van der Waals surface area contributed by atoms with Gasteiger partial charge in [-0.2, -0.15) is 5.10 Å². The molecule has 6 heteroatoms. The molecule has 0 aliphatic rings. The first-order chi connectivity index (χ1) is 8.25. The molecule has 84 valence electrons. The number of para-hydroxylation sites is 1. The first-order valence-electron chi connectivity index (χ1n) is 4.90. The molecule has 5 nitrogen and oxygen atoms in total. The van der Waals surface area contributed by atoms with Crippen LogP contribution in [-0.4, -0.2) is 25.3 Å². The van der Waals surface area contributed by atoms with Crippen molar-refractivity contribution >= 4 is 22.5 Å². The van der Waals surface area contributed by atoms with Crippen LogP contribution < -0.4 is 0 Å². The maximum atomic E-state index is 9.74. The zero-order valence-electron chi connectivity index (χ0n) is 8.55. The summed E-state index contributed by atoms with van der Waals surface area (Å²) < 4.78 is 0. The summed E-state index contributed by atoms with van der Waals surface area (Å²) in [6, 6.07) is 6.89. The largest absolute Gasteiger partial charge is 0.506 e. The molecule has 0 unspecified atom stereocenters. The van der Waals surface area contributed by atoms with Gasteiger partial charge >= 0.3 is 0 Å². The fourth-order valence-electron chi connectivity index (χ4n) is 1.70. The summed E-state index contributed by atoms with van der Waals surface area (Å²) in [5.74, 6) is 0.0764. The van der Waals surface area contributed by atoms with Crippen molar-refractivity contribution in [1.29, 1.82) is 0 Å². The highest BCUT2D eigenvalue weighted by molar-refractivity contribution is 6.29. The van der Waals surface area contributed by atoms with Crippen LogP contribution in [0.3, 0.4) is 0 Å². The SMILES string of the molecule is Oc1cccc2c(-c3ccn[nH]3)nc(Cl)nc12. The molecule has 0 radical (unpaired) electrons. The number of phenols is 1. The summed E-state index contributed by atoms with van der Waals surface area (Å²) in [6.07, 6.45) is 1.62. The Morgan fingerprint density at radius 1 is 1.18 bits per heavy atom. The monoisotopic (exact) mass is 246 g/mol. The van der Waals surface area contributed by atoms with E-state index in [0.29, 0.717) is 11.2 Å². The van der Waals surface area contributed by atoms with E-state index in [2.05, 4.69) is 20.2 Å². The molecule has 0 fully saturated rings. The van der Waals surface area contributed by atoms with Crippen molar-refractivity contribution in [3.8, 4) is 17.1 Å². The Balaban J connectivity index is 2.42. The molecule has 0 aliphatic carbocycles. The third-order valence-corrected chi connectivity index (χ3v) is 2.60. The molecule has 2 aromatic heterocycles. The van der Waals surface area contributed by atoms with Crippen LogP contribution in [0.25, 0.3) is 22.3 Å². The molecular weight excluding hydrogens is 240 g/mol. The Labute approximate surface area is 101 Å². The fraction of sp³-hybridized carbons (Fsp3) is 0. The van der Waals surface area contributed by atoms with E-state index in [9.17, 15) is 5.11 Å². The van der Waals surface area contributed by atoms with E-state index in [0.717, 1.165) is 11.1 Å². The first kappa shape index (κ1) is 10.0. The summed E-state index contributed by atoms with van der Waals surface area (Å²) in [6.45, 7) is 0. The maximum absolute atomic E-state index is 9.74. The second kappa shape index (κ2) is 3.71. The Kier molecular flexibility index (Phi) is 2.19. The smallest absolute Gasteiger partial charge is 0.223 e. The zero-order valence-corrected chi connectivity index (χ0v) is 9.31. The van der Waals surface area contributed by atoms with Crippen molar-refractivity contribution in [3.63, 3.8) is 0 Å². The molecule has 17 heavy (non-hydrogen) atoms. The molecule has 1 aromatic carbocycles. The number of aromatic nitrogens is 4. The predicted molar refractivity (Wildman–Crippen MR) is 63.8 cm³/mol. The summed E-state index contributed by atoms with van der Waals surface area (Å²) in [5, 5.41) is 17.2. The van der Waals surface area contributed by atoms with Gasteiger partial charge in [0.05, 0.1) is 5.69 Å². The summed E-state index contributed by atoms with van der Waals surface area (Å²) in [7, 11) is 0. The lowest BCUT2D eigenvalue weighted by Crippen LogP contribution is -1.91. The third kappa shape index (κ3) is 1.60. The second-order valence-corrected chi connectivity index (χ2v) is 3.82. The Morgan fingerprint density at radius 3 is 2.82 bits per heavy atom. The van der Waals surface area contributed by atoms with Crippen molar-refractivity contribution in [3.05, 3.63) is 35.7 Å². The van der Waals surface area contributed by atoms with Crippen LogP contribution in [0.4, 0.5) is 0 Å². The number of aromatic hydroxyl groups is 1.